The number of hydrogen-bond acceptors (Lipinski definition) is 4. The van der Waals surface area contributed by atoms with E-state index in [1.54, 1.807) is 31.3 Å². The number of amides is 1. The maximum absolute atomic E-state index is 12.2. The highest BCUT2D eigenvalue weighted by molar-refractivity contribution is 6.33. The van der Waals surface area contributed by atoms with Crippen LogP contribution >= 0.6 is 11.6 Å². The lowest BCUT2D eigenvalue weighted by molar-refractivity contribution is 0.0954. The predicted molar refractivity (Wildman–Crippen MR) is 126 cm³/mol. The van der Waals surface area contributed by atoms with Crippen molar-refractivity contribution < 1.29 is 14.3 Å². The van der Waals surface area contributed by atoms with Gasteiger partial charge in [-0.25, -0.2) is 0 Å². The molecule has 3 N–H and O–H groups in total. The van der Waals surface area contributed by atoms with Gasteiger partial charge in [0.15, 0.2) is 17.5 Å². The molecule has 7 nitrogen and oxygen atoms in total. The number of ether oxygens (including phenoxy) is 2. The highest BCUT2D eigenvalue weighted by Gasteiger charge is 2.09. The number of rotatable bonds is 11. The molecule has 0 heterocycles. The van der Waals surface area contributed by atoms with Gasteiger partial charge in [-0.3, -0.25) is 9.79 Å². The van der Waals surface area contributed by atoms with Crippen molar-refractivity contribution in [2.24, 2.45) is 4.99 Å². The Hall–Kier alpha value is -2.93. The summed E-state index contributed by atoms with van der Waals surface area (Å²) in [7, 11) is 1.71. The number of guanidine groups is 1. The number of halogens is 1. The maximum atomic E-state index is 12.2. The number of hydrogen-bond donors (Lipinski definition) is 3. The molecule has 0 atom stereocenters. The van der Waals surface area contributed by atoms with E-state index in [-0.39, 0.29) is 5.91 Å². The third-order valence-corrected chi connectivity index (χ3v) is 4.69. The molecule has 1 amide bonds. The largest absolute Gasteiger partial charge is 0.490 e. The fraction of sp³-hybridized carbons (Fsp3) is 0.391. The summed E-state index contributed by atoms with van der Waals surface area (Å²) in [6.45, 7) is 6.78. The Kier molecular flexibility index (Phi) is 10.5. The lowest BCUT2D eigenvalue weighted by Crippen LogP contribution is -2.42. The number of carbonyl (C=O) groups excluding carboxylic acids is 1. The number of nitrogens with zero attached hydrogens (tertiary/aromatic N) is 1. The van der Waals surface area contributed by atoms with Gasteiger partial charge in [-0.1, -0.05) is 29.8 Å². The second-order valence-corrected chi connectivity index (χ2v) is 6.97. The minimum Gasteiger partial charge on any atom is -0.490 e. The third-order valence-electron chi connectivity index (χ3n) is 4.36. The molecule has 0 bridgehead atoms. The summed E-state index contributed by atoms with van der Waals surface area (Å²) in [6, 6.07) is 13.0. The molecule has 2 rings (SSSR count). The first kappa shape index (κ1) is 24.3. The van der Waals surface area contributed by atoms with E-state index in [2.05, 4.69) is 20.9 Å². The van der Waals surface area contributed by atoms with Crippen molar-refractivity contribution in [2.45, 2.75) is 20.3 Å². The van der Waals surface area contributed by atoms with Crippen LogP contribution in [0.3, 0.4) is 0 Å². The first-order valence-electron chi connectivity index (χ1n) is 10.4. The minimum absolute atomic E-state index is 0.198. The van der Waals surface area contributed by atoms with E-state index in [0.29, 0.717) is 49.4 Å². The summed E-state index contributed by atoms with van der Waals surface area (Å²) in [5.74, 6) is 2.00. The SMILES string of the molecule is CCOc1ccc(CCNC(=NC)NCCNC(=O)c2ccccc2Cl)cc1OCC. The summed E-state index contributed by atoms with van der Waals surface area (Å²) < 4.78 is 11.3. The van der Waals surface area contributed by atoms with E-state index in [1.165, 1.54) is 0 Å². The fourth-order valence-electron chi connectivity index (χ4n) is 2.89. The number of carbonyl (C=O) groups is 1. The summed E-state index contributed by atoms with van der Waals surface area (Å²) in [6.07, 6.45) is 0.802. The number of aliphatic imine (C=N–C) groups is 1. The molecular formula is C23H31ClN4O3. The monoisotopic (exact) mass is 446 g/mol. The average molecular weight is 447 g/mol. The van der Waals surface area contributed by atoms with Gasteiger partial charge in [0.2, 0.25) is 0 Å². The topological polar surface area (TPSA) is 84.0 Å². The second kappa shape index (κ2) is 13.4. The molecule has 8 heteroatoms. The second-order valence-electron chi connectivity index (χ2n) is 6.56. The van der Waals surface area contributed by atoms with E-state index in [4.69, 9.17) is 21.1 Å². The number of nitrogens with one attached hydrogen (secondary N) is 3. The first-order valence-corrected chi connectivity index (χ1v) is 10.8. The van der Waals surface area contributed by atoms with Crippen molar-refractivity contribution in [2.75, 3.05) is 39.9 Å². The number of benzene rings is 2. The zero-order chi connectivity index (χ0) is 22.5. The van der Waals surface area contributed by atoms with Gasteiger partial charge in [-0.05, 0) is 50.1 Å². The zero-order valence-corrected chi connectivity index (χ0v) is 19.1. The average Bonchev–Trinajstić information content (AvgIpc) is 2.77. The molecule has 0 aliphatic carbocycles. The standard InChI is InChI=1S/C23H31ClN4O3/c1-4-30-20-11-10-17(16-21(20)31-5-2)12-13-27-23(25-3)28-15-14-26-22(29)18-8-6-7-9-19(18)24/h6-11,16H,4-5,12-15H2,1-3H3,(H,26,29)(H2,25,27,28). The highest BCUT2D eigenvalue weighted by atomic mass is 35.5. The van der Waals surface area contributed by atoms with Gasteiger partial charge in [0.1, 0.15) is 0 Å². The summed E-state index contributed by atoms with van der Waals surface area (Å²) >= 11 is 6.04. The summed E-state index contributed by atoms with van der Waals surface area (Å²) in [5, 5.41) is 9.73. The third kappa shape index (κ3) is 8.02. The fourth-order valence-corrected chi connectivity index (χ4v) is 3.12. The van der Waals surface area contributed by atoms with Crippen LogP contribution in [0.15, 0.2) is 47.5 Å². The molecule has 0 aromatic heterocycles. The highest BCUT2D eigenvalue weighted by Crippen LogP contribution is 2.28. The Labute approximate surface area is 189 Å². The minimum atomic E-state index is -0.198. The molecule has 0 aliphatic heterocycles. The molecule has 31 heavy (non-hydrogen) atoms. The van der Waals surface area contributed by atoms with Gasteiger partial charge >= 0.3 is 0 Å². The van der Waals surface area contributed by atoms with Crippen molar-refractivity contribution in [3.8, 4) is 11.5 Å². The van der Waals surface area contributed by atoms with Gasteiger partial charge < -0.3 is 25.4 Å². The lowest BCUT2D eigenvalue weighted by atomic mass is 10.1. The molecule has 0 fully saturated rings. The molecule has 0 unspecified atom stereocenters. The van der Waals surface area contributed by atoms with Gasteiger partial charge in [-0.15, -0.1) is 0 Å². The molecule has 0 saturated carbocycles. The maximum Gasteiger partial charge on any atom is 0.252 e. The Balaban J connectivity index is 1.74. The van der Waals surface area contributed by atoms with Crippen LogP contribution in [0, 0.1) is 0 Å². The molecule has 0 spiro atoms. The van der Waals surface area contributed by atoms with E-state index in [9.17, 15) is 4.79 Å². The van der Waals surface area contributed by atoms with Crippen LogP contribution in [-0.2, 0) is 6.42 Å². The van der Waals surface area contributed by atoms with Crippen LogP contribution in [0.2, 0.25) is 5.02 Å². The van der Waals surface area contributed by atoms with Crippen LogP contribution in [0.25, 0.3) is 0 Å². The van der Waals surface area contributed by atoms with Gasteiger partial charge in [-0.2, -0.15) is 0 Å². The van der Waals surface area contributed by atoms with Crippen molar-refractivity contribution in [1.82, 2.24) is 16.0 Å². The quantitative estimate of drug-likeness (QED) is 0.280. The molecule has 0 aliphatic rings. The van der Waals surface area contributed by atoms with E-state index >= 15 is 0 Å². The van der Waals surface area contributed by atoms with Crippen molar-refractivity contribution >= 4 is 23.5 Å². The summed E-state index contributed by atoms with van der Waals surface area (Å²) in [4.78, 5) is 16.4. The Morgan fingerprint density at radius 2 is 1.61 bits per heavy atom. The Morgan fingerprint density at radius 1 is 0.935 bits per heavy atom. The van der Waals surface area contributed by atoms with E-state index in [0.717, 1.165) is 23.5 Å². The first-order chi connectivity index (χ1) is 15.1. The predicted octanol–water partition coefficient (Wildman–Crippen LogP) is 3.27. The van der Waals surface area contributed by atoms with Crippen molar-refractivity contribution in [3.05, 3.63) is 58.6 Å². The van der Waals surface area contributed by atoms with Crippen molar-refractivity contribution in [3.63, 3.8) is 0 Å². The molecule has 2 aromatic rings. The molecule has 2 aromatic carbocycles. The Bertz CT molecular complexity index is 874. The van der Waals surface area contributed by atoms with Crippen molar-refractivity contribution in [1.29, 1.82) is 0 Å². The van der Waals surface area contributed by atoms with Gasteiger partial charge in [0.25, 0.3) is 5.91 Å². The van der Waals surface area contributed by atoms with Gasteiger partial charge in [0, 0.05) is 26.7 Å². The van der Waals surface area contributed by atoms with Crippen LogP contribution in [0.5, 0.6) is 11.5 Å². The van der Waals surface area contributed by atoms with Crippen LogP contribution < -0.4 is 25.4 Å². The van der Waals surface area contributed by atoms with E-state index < -0.39 is 0 Å². The normalized spacial score (nSPS) is 11.0. The molecule has 0 saturated heterocycles. The van der Waals surface area contributed by atoms with Gasteiger partial charge in [0.05, 0.1) is 23.8 Å². The lowest BCUT2D eigenvalue weighted by Gasteiger charge is -2.14. The van der Waals surface area contributed by atoms with Crippen LogP contribution in [0.1, 0.15) is 29.8 Å². The molecule has 0 radical (unpaired) electrons. The Morgan fingerprint density at radius 3 is 2.32 bits per heavy atom. The van der Waals surface area contributed by atoms with Crippen LogP contribution in [0.4, 0.5) is 0 Å². The summed E-state index contributed by atoms with van der Waals surface area (Å²) in [5.41, 5.74) is 1.61. The smallest absolute Gasteiger partial charge is 0.252 e. The van der Waals surface area contributed by atoms with E-state index in [1.807, 2.05) is 32.0 Å². The molecule has 168 valence electrons. The zero-order valence-electron chi connectivity index (χ0n) is 18.3. The molecular weight excluding hydrogens is 416 g/mol. The van der Waals surface area contributed by atoms with Crippen LogP contribution in [-0.4, -0.2) is 51.8 Å².